The van der Waals surface area contributed by atoms with Crippen molar-refractivity contribution in [2.45, 2.75) is 19.3 Å². The summed E-state index contributed by atoms with van der Waals surface area (Å²) in [4.78, 5) is 14.5. The fourth-order valence-electron chi connectivity index (χ4n) is 2.25. The molecule has 1 aromatic heterocycles. The number of aryl methyl sites for hydroxylation is 1. The van der Waals surface area contributed by atoms with E-state index >= 15 is 0 Å². The summed E-state index contributed by atoms with van der Waals surface area (Å²) in [6.45, 7) is 0.731. The van der Waals surface area contributed by atoms with Crippen molar-refractivity contribution >= 4 is 27.0 Å². The summed E-state index contributed by atoms with van der Waals surface area (Å²) in [5, 5.41) is 0. The number of halogens is 1. The first-order chi connectivity index (χ1) is 8.66. The average Bonchev–Trinajstić information content (AvgIpc) is 2.56. The Labute approximate surface area is 113 Å². The first-order valence-corrected chi connectivity index (χ1v) is 6.96. The Hall–Kier alpha value is -1.23. The third kappa shape index (κ3) is 1.86. The zero-order chi connectivity index (χ0) is 12.7. The molecule has 1 heterocycles. The number of aromatic nitrogens is 2. The molecular formula is C13H15BrN2O2. The van der Waals surface area contributed by atoms with Crippen molar-refractivity contribution in [2.75, 3.05) is 6.61 Å². The third-order valence-corrected chi connectivity index (χ3v) is 4.30. The predicted molar refractivity (Wildman–Crippen MR) is 74.1 cm³/mol. The topological polar surface area (TPSA) is 47.0 Å². The Kier molecular flexibility index (Phi) is 2.93. The van der Waals surface area contributed by atoms with E-state index in [0.29, 0.717) is 5.92 Å². The second-order valence-corrected chi connectivity index (χ2v) is 5.72. The van der Waals surface area contributed by atoms with E-state index < -0.39 is 0 Å². The van der Waals surface area contributed by atoms with E-state index in [4.69, 9.17) is 4.74 Å². The first-order valence-electron chi connectivity index (χ1n) is 6.17. The Morgan fingerprint density at radius 1 is 1.50 bits per heavy atom. The lowest BCUT2D eigenvalue weighted by Gasteiger charge is -2.25. The number of nitrogens with zero attached hydrogens (tertiary/aromatic N) is 1. The van der Waals surface area contributed by atoms with Gasteiger partial charge in [-0.2, -0.15) is 0 Å². The van der Waals surface area contributed by atoms with E-state index in [-0.39, 0.29) is 5.69 Å². The summed E-state index contributed by atoms with van der Waals surface area (Å²) in [5.41, 5.74) is 1.53. The van der Waals surface area contributed by atoms with Gasteiger partial charge in [-0.1, -0.05) is 6.42 Å². The molecule has 1 saturated carbocycles. The van der Waals surface area contributed by atoms with E-state index in [9.17, 15) is 4.79 Å². The molecule has 0 spiro atoms. The van der Waals surface area contributed by atoms with Crippen molar-refractivity contribution in [1.29, 1.82) is 0 Å². The van der Waals surface area contributed by atoms with E-state index in [1.165, 1.54) is 19.3 Å². The van der Waals surface area contributed by atoms with Gasteiger partial charge in [-0.3, -0.25) is 4.57 Å². The van der Waals surface area contributed by atoms with Crippen LogP contribution in [0.2, 0.25) is 0 Å². The summed E-state index contributed by atoms with van der Waals surface area (Å²) in [6, 6.07) is 3.83. The van der Waals surface area contributed by atoms with Crippen molar-refractivity contribution in [3.05, 3.63) is 27.1 Å². The van der Waals surface area contributed by atoms with Crippen LogP contribution in [-0.2, 0) is 7.05 Å². The number of aromatic amines is 1. The van der Waals surface area contributed by atoms with Crippen LogP contribution in [0.1, 0.15) is 19.3 Å². The number of imidazole rings is 1. The summed E-state index contributed by atoms with van der Waals surface area (Å²) < 4.78 is 8.37. The lowest BCUT2D eigenvalue weighted by molar-refractivity contribution is 0.181. The smallest absolute Gasteiger partial charge is 0.326 e. The molecule has 96 valence electrons. The Morgan fingerprint density at radius 3 is 2.94 bits per heavy atom. The molecule has 3 rings (SSSR count). The van der Waals surface area contributed by atoms with Gasteiger partial charge in [0.25, 0.3) is 0 Å². The van der Waals surface area contributed by atoms with Gasteiger partial charge in [0.1, 0.15) is 5.52 Å². The van der Waals surface area contributed by atoms with Gasteiger partial charge in [-0.15, -0.1) is 0 Å². The molecule has 0 atom stereocenters. The van der Waals surface area contributed by atoms with Gasteiger partial charge >= 0.3 is 5.69 Å². The molecule has 1 aromatic carbocycles. The van der Waals surface area contributed by atoms with Gasteiger partial charge in [-0.25, -0.2) is 4.79 Å². The van der Waals surface area contributed by atoms with Gasteiger partial charge in [0.2, 0.25) is 0 Å². The quantitative estimate of drug-likeness (QED) is 0.947. The molecule has 1 fully saturated rings. The molecule has 1 aliphatic carbocycles. The fourth-order valence-corrected chi connectivity index (χ4v) is 2.69. The zero-order valence-corrected chi connectivity index (χ0v) is 11.8. The van der Waals surface area contributed by atoms with E-state index in [1.807, 2.05) is 12.1 Å². The molecule has 1 N–H and O–H groups in total. The SMILES string of the molecule is Cn1c(=O)[nH]c2c(OCC3CCC3)c(Br)ccc21. The van der Waals surface area contributed by atoms with Crippen LogP contribution in [0.4, 0.5) is 0 Å². The molecule has 0 amide bonds. The van der Waals surface area contributed by atoms with Crippen LogP contribution >= 0.6 is 15.9 Å². The van der Waals surface area contributed by atoms with E-state index in [0.717, 1.165) is 27.9 Å². The maximum atomic E-state index is 11.6. The normalized spacial score (nSPS) is 15.9. The summed E-state index contributed by atoms with van der Waals surface area (Å²) >= 11 is 3.48. The van der Waals surface area contributed by atoms with Crippen molar-refractivity contribution in [1.82, 2.24) is 9.55 Å². The van der Waals surface area contributed by atoms with E-state index in [1.54, 1.807) is 11.6 Å². The molecule has 5 heteroatoms. The van der Waals surface area contributed by atoms with Crippen molar-refractivity contribution in [3.63, 3.8) is 0 Å². The second-order valence-electron chi connectivity index (χ2n) is 4.87. The molecule has 0 bridgehead atoms. The molecule has 1 aliphatic rings. The Morgan fingerprint density at radius 2 is 2.28 bits per heavy atom. The van der Waals surface area contributed by atoms with Crippen LogP contribution in [0.3, 0.4) is 0 Å². The lowest BCUT2D eigenvalue weighted by atomic mass is 9.86. The monoisotopic (exact) mass is 310 g/mol. The lowest BCUT2D eigenvalue weighted by Crippen LogP contribution is -2.19. The number of fused-ring (bicyclic) bond motifs is 1. The highest BCUT2D eigenvalue weighted by Gasteiger charge is 2.20. The van der Waals surface area contributed by atoms with Gasteiger partial charge < -0.3 is 9.72 Å². The number of nitrogens with one attached hydrogen (secondary N) is 1. The number of H-pyrrole nitrogens is 1. The van der Waals surface area contributed by atoms with Crippen molar-refractivity contribution in [3.8, 4) is 5.75 Å². The Balaban J connectivity index is 1.99. The maximum Gasteiger partial charge on any atom is 0.326 e. The van der Waals surface area contributed by atoms with Crippen LogP contribution in [0.25, 0.3) is 11.0 Å². The van der Waals surface area contributed by atoms with Crippen molar-refractivity contribution in [2.24, 2.45) is 13.0 Å². The van der Waals surface area contributed by atoms with Gasteiger partial charge in [0.15, 0.2) is 5.75 Å². The highest BCUT2D eigenvalue weighted by Crippen LogP contribution is 2.34. The van der Waals surface area contributed by atoms with Crippen LogP contribution in [-0.4, -0.2) is 16.2 Å². The molecule has 0 aliphatic heterocycles. The van der Waals surface area contributed by atoms with Crippen LogP contribution < -0.4 is 10.4 Å². The molecule has 2 aromatic rings. The molecule has 0 radical (unpaired) electrons. The molecule has 0 unspecified atom stereocenters. The predicted octanol–water partition coefficient (Wildman–Crippen LogP) is 2.81. The highest BCUT2D eigenvalue weighted by molar-refractivity contribution is 9.10. The number of ether oxygens (including phenoxy) is 1. The van der Waals surface area contributed by atoms with Gasteiger partial charge in [-0.05, 0) is 46.8 Å². The van der Waals surface area contributed by atoms with E-state index in [2.05, 4.69) is 20.9 Å². The Bertz CT molecular complexity index is 640. The molecular weight excluding hydrogens is 296 g/mol. The molecule has 0 saturated heterocycles. The summed E-state index contributed by atoms with van der Waals surface area (Å²) in [6.07, 6.45) is 3.80. The molecule has 18 heavy (non-hydrogen) atoms. The van der Waals surface area contributed by atoms with Crippen LogP contribution in [0.5, 0.6) is 5.75 Å². The second kappa shape index (κ2) is 4.46. The summed E-state index contributed by atoms with van der Waals surface area (Å²) in [7, 11) is 1.75. The van der Waals surface area contributed by atoms with Crippen LogP contribution in [0.15, 0.2) is 21.4 Å². The van der Waals surface area contributed by atoms with Crippen molar-refractivity contribution < 1.29 is 4.74 Å². The van der Waals surface area contributed by atoms with Gasteiger partial charge in [0.05, 0.1) is 16.6 Å². The standard InChI is InChI=1S/C13H15BrN2O2/c1-16-10-6-5-9(14)12(11(10)15-13(16)17)18-7-8-3-2-4-8/h5-6,8H,2-4,7H2,1H3,(H,15,17). The minimum absolute atomic E-state index is 0.114. The summed E-state index contributed by atoms with van der Waals surface area (Å²) in [5.74, 6) is 1.42. The number of hydrogen-bond acceptors (Lipinski definition) is 2. The highest BCUT2D eigenvalue weighted by atomic mass is 79.9. The zero-order valence-electron chi connectivity index (χ0n) is 10.2. The number of benzene rings is 1. The largest absolute Gasteiger partial charge is 0.490 e. The van der Waals surface area contributed by atoms with Crippen LogP contribution in [0, 0.1) is 5.92 Å². The number of hydrogen-bond donors (Lipinski definition) is 1. The average molecular weight is 311 g/mol. The first kappa shape index (κ1) is 11.8. The van der Waals surface area contributed by atoms with Gasteiger partial charge in [0, 0.05) is 7.05 Å². The minimum atomic E-state index is -0.114. The minimum Gasteiger partial charge on any atom is -0.490 e. The maximum absolute atomic E-state index is 11.6. The fraction of sp³-hybridized carbons (Fsp3) is 0.462. The number of rotatable bonds is 3. The molecule has 4 nitrogen and oxygen atoms in total. The third-order valence-electron chi connectivity index (χ3n) is 3.67.